The molecule has 0 heterocycles. The van der Waals surface area contributed by atoms with E-state index in [4.69, 9.17) is 8.92 Å². The van der Waals surface area contributed by atoms with E-state index in [1.54, 1.807) is 12.1 Å². The molecule has 2 N–H and O–H groups in total. The van der Waals surface area contributed by atoms with Gasteiger partial charge in [0.05, 0.1) is 17.7 Å². The van der Waals surface area contributed by atoms with Crippen LogP contribution in [0.2, 0.25) is 0 Å². The second-order valence-corrected chi connectivity index (χ2v) is 9.09. The van der Waals surface area contributed by atoms with Gasteiger partial charge in [-0.2, -0.15) is 13.7 Å². The molecule has 0 saturated heterocycles. The van der Waals surface area contributed by atoms with Gasteiger partial charge in [0.1, 0.15) is 28.0 Å². The molecule has 0 aliphatic rings. The maximum Gasteiger partial charge on any atom is 0.339 e. The second kappa shape index (κ2) is 11.7. The maximum absolute atomic E-state index is 12.8. The molecule has 0 spiro atoms. The molecule has 2 amide bonds. The number of para-hydroxylation sites is 1. The van der Waals surface area contributed by atoms with Crippen LogP contribution in [0.4, 0.5) is 17.1 Å². The molecule has 0 aromatic heterocycles. The van der Waals surface area contributed by atoms with Gasteiger partial charge in [-0.15, -0.1) is 0 Å². The number of benzene rings is 3. The summed E-state index contributed by atoms with van der Waals surface area (Å²) >= 11 is 0. The SMILES string of the molecule is COc1ccc([N+](=O)[O-])cc1NC(=O)C(C#N)=Cc1ccccc1OS(=O)(=O)c1ccc(NC(C)=O)cc1. The predicted molar refractivity (Wildman–Crippen MR) is 137 cm³/mol. The molecule has 0 atom stereocenters. The van der Waals surface area contributed by atoms with Crippen molar-refractivity contribution in [2.45, 2.75) is 11.8 Å². The molecule has 0 aliphatic carbocycles. The minimum absolute atomic E-state index is 0.0392. The Kier molecular flexibility index (Phi) is 8.41. The molecule has 12 nitrogen and oxygen atoms in total. The number of nitrogens with zero attached hydrogens (tertiary/aromatic N) is 2. The Labute approximate surface area is 217 Å². The van der Waals surface area contributed by atoms with E-state index in [2.05, 4.69) is 10.6 Å². The van der Waals surface area contributed by atoms with E-state index in [0.29, 0.717) is 5.69 Å². The number of amides is 2. The first-order valence-electron chi connectivity index (χ1n) is 10.7. The first-order valence-corrected chi connectivity index (χ1v) is 12.1. The lowest BCUT2D eigenvalue weighted by Crippen LogP contribution is -2.15. The van der Waals surface area contributed by atoms with Gasteiger partial charge in [0, 0.05) is 30.3 Å². The Bertz CT molecular complexity index is 1580. The summed E-state index contributed by atoms with van der Waals surface area (Å²) in [6.45, 7) is 1.31. The fourth-order valence-corrected chi connectivity index (χ4v) is 4.10. The Hall–Kier alpha value is -5.22. The van der Waals surface area contributed by atoms with Gasteiger partial charge >= 0.3 is 10.1 Å². The van der Waals surface area contributed by atoms with Crippen molar-refractivity contribution in [1.29, 1.82) is 5.26 Å². The minimum atomic E-state index is -4.32. The Morgan fingerprint density at radius 2 is 1.71 bits per heavy atom. The molecule has 0 unspecified atom stereocenters. The number of carbonyl (C=O) groups excluding carboxylic acids is 2. The van der Waals surface area contributed by atoms with E-state index in [0.717, 1.165) is 12.1 Å². The first kappa shape index (κ1) is 27.4. The van der Waals surface area contributed by atoms with Crippen LogP contribution in [-0.4, -0.2) is 32.3 Å². The molecule has 38 heavy (non-hydrogen) atoms. The van der Waals surface area contributed by atoms with Crippen LogP contribution in [0.3, 0.4) is 0 Å². The quantitative estimate of drug-likeness (QED) is 0.135. The van der Waals surface area contributed by atoms with Crippen LogP contribution < -0.4 is 19.6 Å². The molecule has 3 aromatic carbocycles. The molecule has 0 aliphatic heterocycles. The number of nitro benzene ring substituents is 1. The van der Waals surface area contributed by atoms with Crippen molar-refractivity contribution in [3.05, 3.63) is 88.0 Å². The summed E-state index contributed by atoms with van der Waals surface area (Å²) in [7, 11) is -3.02. The Balaban J connectivity index is 1.89. The van der Waals surface area contributed by atoms with E-state index >= 15 is 0 Å². The number of hydrogen-bond acceptors (Lipinski definition) is 9. The number of anilines is 2. The lowest BCUT2D eigenvalue weighted by molar-refractivity contribution is -0.384. The lowest BCUT2D eigenvalue weighted by atomic mass is 10.1. The van der Waals surface area contributed by atoms with Crippen molar-refractivity contribution < 1.29 is 31.9 Å². The summed E-state index contributed by atoms with van der Waals surface area (Å²) < 4.78 is 36.0. The average Bonchev–Trinajstić information content (AvgIpc) is 2.87. The van der Waals surface area contributed by atoms with Gasteiger partial charge in [-0.1, -0.05) is 18.2 Å². The van der Waals surface area contributed by atoms with Crippen LogP contribution in [0.25, 0.3) is 6.08 Å². The lowest BCUT2D eigenvalue weighted by Gasteiger charge is -2.11. The summed E-state index contributed by atoms with van der Waals surface area (Å²) in [6, 6.07) is 16.4. The van der Waals surface area contributed by atoms with Gasteiger partial charge in [0.15, 0.2) is 0 Å². The van der Waals surface area contributed by atoms with Gasteiger partial charge in [-0.3, -0.25) is 19.7 Å². The van der Waals surface area contributed by atoms with E-state index < -0.39 is 26.5 Å². The van der Waals surface area contributed by atoms with E-state index in [-0.39, 0.29) is 39.2 Å². The van der Waals surface area contributed by atoms with Gasteiger partial charge in [0.25, 0.3) is 11.6 Å². The normalized spacial score (nSPS) is 11.1. The van der Waals surface area contributed by atoms with Crippen LogP contribution in [-0.2, 0) is 19.7 Å². The van der Waals surface area contributed by atoms with E-state index in [1.807, 2.05) is 0 Å². The highest BCUT2D eigenvalue weighted by Gasteiger charge is 2.20. The van der Waals surface area contributed by atoms with Crippen LogP contribution >= 0.6 is 0 Å². The summed E-state index contributed by atoms with van der Waals surface area (Å²) in [4.78, 5) is 34.2. The van der Waals surface area contributed by atoms with Gasteiger partial charge in [-0.25, -0.2) is 0 Å². The molecule has 3 aromatic rings. The second-order valence-electron chi connectivity index (χ2n) is 7.55. The minimum Gasteiger partial charge on any atom is -0.495 e. The molecule has 0 saturated carbocycles. The van der Waals surface area contributed by atoms with Crippen LogP contribution in [0.5, 0.6) is 11.5 Å². The van der Waals surface area contributed by atoms with Gasteiger partial charge in [0.2, 0.25) is 5.91 Å². The molecule has 0 radical (unpaired) electrons. The fraction of sp³-hybridized carbons (Fsp3) is 0.0800. The highest BCUT2D eigenvalue weighted by Crippen LogP contribution is 2.30. The molecular formula is C25H20N4O8S. The Morgan fingerprint density at radius 1 is 1.03 bits per heavy atom. The largest absolute Gasteiger partial charge is 0.495 e. The molecular weight excluding hydrogens is 516 g/mol. The summed E-state index contributed by atoms with van der Waals surface area (Å²) in [5, 5.41) is 25.6. The third-order valence-electron chi connectivity index (χ3n) is 4.89. The highest BCUT2D eigenvalue weighted by atomic mass is 32.2. The average molecular weight is 537 g/mol. The number of non-ortho nitro benzene ring substituents is 1. The number of nitrogens with one attached hydrogen (secondary N) is 2. The molecule has 13 heteroatoms. The summed E-state index contributed by atoms with van der Waals surface area (Å²) in [6.07, 6.45) is 1.11. The molecule has 0 bridgehead atoms. The summed E-state index contributed by atoms with van der Waals surface area (Å²) in [5.74, 6) is -1.27. The smallest absolute Gasteiger partial charge is 0.339 e. The van der Waals surface area contributed by atoms with Crippen molar-refractivity contribution in [2.24, 2.45) is 0 Å². The third-order valence-corrected chi connectivity index (χ3v) is 6.14. The zero-order chi connectivity index (χ0) is 27.9. The van der Waals surface area contributed by atoms with Crippen LogP contribution in [0, 0.1) is 21.4 Å². The van der Waals surface area contributed by atoms with Crippen molar-refractivity contribution in [2.75, 3.05) is 17.7 Å². The molecule has 0 fully saturated rings. The van der Waals surface area contributed by atoms with Crippen LogP contribution in [0.1, 0.15) is 12.5 Å². The number of carbonyl (C=O) groups is 2. The monoisotopic (exact) mass is 536 g/mol. The zero-order valence-corrected chi connectivity index (χ0v) is 20.8. The predicted octanol–water partition coefficient (Wildman–Crippen LogP) is 3.88. The van der Waals surface area contributed by atoms with Crippen molar-refractivity contribution in [1.82, 2.24) is 0 Å². The van der Waals surface area contributed by atoms with E-state index in [9.17, 15) is 33.4 Å². The number of methoxy groups -OCH3 is 1. The number of nitriles is 1. The summed E-state index contributed by atoms with van der Waals surface area (Å²) in [5.41, 5.74) is -0.291. The van der Waals surface area contributed by atoms with Crippen LogP contribution in [0.15, 0.2) is 77.2 Å². The first-order chi connectivity index (χ1) is 18.0. The van der Waals surface area contributed by atoms with Crippen molar-refractivity contribution in [3.8, 4) is 17.6 Å². The molecule has 3 rings (SSSR count). The highest BCUT2D eigenvalue weighted by molar-refractivity contribution is 7.87. The fourth-order valence-electron chi connectivity index (χ4n) is 3.15. The van der Waals surface area contributed by atoms with E-state index in [1.165, 1.54) is 68.6 Å². The number of ether oxygens (including phenoxy) is 1. The van der Waals surface area contributed by atoms with Crippen molar-refractivity contribution >= 4 is 45.1 Å². The van der Waals surface area contributed by atoms with Gasteiger partial charge in [-0.05, 0) is 42.5 Å². The Morgan fingerprint density at radius 3 is 2.32 bits per heavy atom. The third kappa shape index (κ3) is 6.71. The molecule has 194 valence electrons. The number of nitro groups is 1. The van der Waals surface area contributed by atoms with Crippen molar-refractivity contribution in [3.63, 3.8) is 0 Å². The maximum atomic E-state index is 12.8. The topological polar surface area (TPSA) is 178 Å². The zero-order valence-electron chi connectivity index (χ0n) is 20.0. The standard InChI is InChI=1S/C25H20N4O8S/c1-16(30)27-19-7-10-21(11-8-19)38(34,35)37-23-6-4-3-5-17(23)13-18(15-26)25(31)28-22-14-20(29(32)33)9-12-24(22)36-2/h3-14H,1-2H3,(H,27,30)(H,28,31). The number of rotatable bonds is 9. The number of hydrogen-bond donors (Lipinski definition) is 2. The van der Waals surface area contributed by atoms with Gasteiger partial charge < -0.3 is 19.6 Å².